The van der Waals surface area contributed by atoms with E-state index in [1.807, 2.05) is 80.1 Å². The van der Waals surface area contributed by atoms with Crippen LogP contribution in [0.4, 0.5) is 5.95 Å². The van der Waals surface area contributed by atoms with Crippen LogP contribution in [0.25, 0.3) is 16.9 Å². The van der Waals surface area contributed by atoms with E-state index in [1.54, 1.807) is 24.1 Å². The quantitative estimate of drug-likeness (QED) is 0.317. The Kier molecular flexibility index (Phi) is 7.96. The van der Waals surface area contributed by atoms with Gasteiger partial charge in [0.25, 0.3) is 5.91 Å². The van der Waals surface area contributed by atoms with Crippen molar-refractivity contribution in [2.24, 2.45) is 0 Å². The number of ether oxygens (including phenoxy) is 1. The fourth-order valence-corrected chi connectivity index (χ4v) is 4.11. The topological polar surface area (TPSA) is 76.5 Å². The van der Waals surface area contributed by atoms with Gasteiger partial charge in [-0.25, -0.2) is 4.98 Å². The van der Waals surface area contributed by atoms with Crippen LogP contribution in [0.1, 0.15) is 40.9 Å². The Hall–Kier alpha value is -4.39. The lowest BCUT2D eigenvalue weighted by Gasteiger charge is -2.26. The van der Waals surface area contributed by atoms with E-state index >= 15 is 0 Å². The Morgan fingerprint density at radius 3 is 2.24 bits per heavy atom. The van der Waals surface area contributed by atoms with Gasteiger partial charge in [-0.1, -0.05) is 23.8 Å². The summed E-state index contributed by atoms with van der Waals surface area (Å²) in [6.07, 6.45) is 1.90. The second kappa shape index (κ2) is 11.3. The highest BCUT2D eigenvalue weighted by Crippen LogP contribution is 2.27. The SMILES string of the molecule is COc1ccc(-c2cn(-c3ccc(C)c(C)c3)c(NC(=O)CN(C(=O)c3ccc(C)cc3)C(C)C)n2)cc1. The molecule has 4 aromatic rings. The molecule has 196 valence electrons. The number of hydrogen-bond acceptors (Lipinski definition) is 4. The van der Waals surface area contributed by atoms with Gasteiger partial charge in [0.2, 0.25) is 11.9 Å². The number of carbonyl (C=O) groups is 2. The number of amides is 2. The molecule has 4 rings (SSSR count). The maximum Gasteiger partial charge on any atom is 0.254 e. The summed E-state index contributed by atoms with van der Waals surface area (Å²) < 4.78 is 7.15. The molecule has 0 spiro atoms. The van der Waals surface area contributed by atoms with Crippen LogP contribution in [0.15, 0.2) is 72.9 Å². The van der Waals surface area contributed by atoms with Gasteiger partial charge < -0.3 is 9.64 Å². The predicted octanol–water partition coefficient (Wildman–Crippen LogP) is 5.96. The van der Waals surface area contributed by atoms with Gasteiger partial charge in [-0.3, -0.25) is 19.5 Å². The average molecular weight is 511 g/mol. The number of methoxy groups -OCH3 is 1. The summed E-state index contributed by atoms with van der Waals surface area (Å²) >= 11 is 0. The molecule has 1 N–H and O–H groups in total. The van der Waals surface area contributed by atoms with Crippen LogP contribution in [-0.2, 0) is 4.79 Å². The molecule has 0 radical (unpaired) electrons. The number of anilines is 1. The number of aryl methyl sites for hydroxylation is 3. The van der Waals surface area contributed by atoms with Crippen molar-refractivity contribution in [3.05, 3.63) is 95.2 Å². The lowest BCUT2D eigenvalue weighted by Crippen LogP contribution is -2.42. The van der Waals surface area contributed by atoms with Crippen LogP contribution in [0.5, 0.6) is 5.75 Å². The molecule has 0 atom stereocenters. The zero-order valence-corrected chi connectivity index (χ0v) is 22.8. The van der Waals surface area contributed by atoms with E-state index in [-0.39, 0.29) is 24.4 Å². The lowest BCUT2D eigenvalue weighted by atomic mass is 10.1. The number of rotatable bonds is 8. The molecule has 1 aromatic heterocycles. The molecule has 7 heteroatoms. The summed E-state index contributed by atoms with van der Waals surface area (Å²) in [6, 6.07) is 20.9. The summed E-state index contributed by atoms with van der Waals surface area (Å²) in [5.74, 6) is 0.626. The van der Waals surface area contributed by atoms with Gasteiger partial charge in [-0.05, 0) is 94.3 Å². The minimum Gasteiger partial charge on any atom is -0.497 e. The normalized spacial score (nSPS) is 10.9. The van der Waals surface area contributed by atoms with Gasteiger partial charge >= 0.3 is 0 Å². The Morgan fingerprint density at radius 2 is 1.63 bits per heavy atom. The molecule has 0 aliphatic rings. The molecule has 0 aliphatic heterocycles. The lowest BCUT2D eigenvalue weighted by molar-refractivity contribution is -0.117. The third kappa shape index (κ3) is 5.94. The Bertz CT molecular complexity index is 1440. The first-order chi connectivity index (χ1) is 18.2. The molecular weight excluding hydrogens is 476 g/mol. The van der Waals surface area contributed by atoms with Crippen LogP contribution in [0, 0.1) is 20.8 Å². The molecule has 0 unspecified atom stereocenters. The van der Waals surface area contributed by atoms with Crippen molar-refractivity contribution in [2.45, 2.75) is 40.7 Å². The fraction of sp³-hybridized carbons (Fsp3) is 0.258. The molecule has 3 aromatic carbocycles. The van der Waals surface area contributed by atoms with Crippen molar-refractivity contribution >= 4 is 17.8 Å². The molecule has 0 aliphatic carbocycles. The average Bonchev–Trinajstić information content (AvgIpc) is 3.32. The molecule has 0 bridgehead atoms. The number of aromatic nitrogens is 2. The standard InChI is InChI=1S/C31H34N4O3/c1-20(2)34(30(37)25-10-7-21(3)8-11-25)19-29(36)33-31-32-28(24-12-15-27(38-6)16-13-24)18-35(31)26-14-9-22(4)23(5)17-26/h7-18,20H,19H2,1-6H3,(H,32,33,36). The van der Waals surface area contributed by atoms with Crippen molar-refractivity contribution in [2.75, 3.05) is 19.0 Å². The molecule has 2 amide bonds. The molecule has 7 nitrogen and oxygen atoms in total. The zero-order chi connectivity index (χ0) is 27.4. The van der Waals surface area contributed by atoms with E-state index in [1.165, 1.54) is 5.56 Å². The zero-order valence-electron chi connectivity index (χ0n) is 22.8. The van der Waals surface area contributed by atoms with E-state index in [0.717, 1.165) is 28.1 Å². The third-order valence-corrected chi connectivity index (χ3v) is 6.61. The van der Waals surface area contributed by atoms with Crippen molar-refractivity contribution in [3.63, 3.8) is 0 Å². The maximum atomic E-state index is 13.3. The molecule has 1 heterocycles. The van der Waals surface area contributed by atoms with Gasteiger partial charge in [0.05, 0.1) is 12.8 Å². The first-order valence-corrected chi connectivity index (χ1v) is 12.6. The van der Waals surface area contributed by atoms with Crippen molar-refractivity contribution < 1.29 is 14.3 Å². The van der Waals surface area contributed by atoms with Crippen LogP contribution < -0.4 is 10.1 Å². The monoisotopic (exact) mass is 510 g/mol. The molecule has 38 heavy (non-hydrogen) atoms. The fourth-order valence-electron chi connectivity index (χ4n) is 4.11. The van der Waals surface area contributed by atoms with Crippen molar-refractivity contribution in [1.29, 1.82) is 0 Å². The number of imidazole rings is 1. The molecule has 0 fully saturated rings. The highest BCUT2D eigenvalue weighted by atomic mass is 16.5. The summed E-state index contributed by atoms with van der Waals surface area (Å²) in [6.45, 7) is 9.79. The van der Waals surface area contributed by atoms with Gasteiger partial charge in [0.15, 0.2) is 0 Å². The minimum atomic E-state index is -0.323. The highest BCUT2D eigenvalue weighted by Gasteiger charge is 2.23. The number of benzene rings is 3. The Labute approximate surface area is 224 Å². The smallest absolute Gasteiger partial charge is 0.254 e. The summed E-state index contributed by atoms with van der Waals surface area (Å²) in [5.41, 5.74) is 6.41. The van der Waals surface area contributed by atoms with Crippen LogP contribution >= 0.6 is 0 Å². The van der Waals surface area contributed by atoms with Gasteiger partial charge in [-0.2, -0.15) is 0 Å². The first kappa shape index (κ1) is 26.7. The Morgan fingerprint density at radius 1 is 0.947 bits per heavy atom. The second-order valence-electron chi connectivity index (χ2n) is 9.76. The van der Waals surface area contributed by atoms with E-state index < -0.39 is 0 Å². The second-order valence-corrected chi connectivity index (χ2v) is 9.76. The third-order valence-electron chi connectivity index (χ3n) is 6.61. The minimum absolute atomic E-state index is 0.0952. The summed E-state index contributed by atoms with van der Waals surface area (Å²) in [4.78, 5) is 32.8. The van der Waals surface area contributed by atoms with E-state index in [4.69, 9.17) is 9.72 Å². The highest BCUT2D eigenvalue weighted by molar-refractivity contribution is 5.99. The predicted molar refractivity (Wildman–Crippen MR) is 151 cm³/mol. The molecular formula is C31H34N4O3. The van der Waals surface area contributed by atoms with E-state index in [0.29, 0.717) is 17.2 Å². The maximum absolute atomic E-state index is 13.3. The van der Waals surface area contributed by atoms with Crippen LogP contribution in [-0.4, -0.2) is 46.0 Å². The van der Waals surface area contributed by atoms with Gasteiger partial charge in [0, 0.05) is 29.1 Å². The molecule has 0 saturated heterocycles. The molecule has 0 saturated carbocycles. The first-order valence-electron chi connectivity index (χ1n) is 12.6. The van der Waals surface area contributed by atoms with Gasteiger partial charge in [0.1, 0.15) is 12.3 Å². The number of nitrogens with one attached hydrogen (secondary N) is 1. The number of nitrogens with zero attached hydrogens (tertiary/aromatic N) is 3. The summed E-state index contributed by atoms with van der Waals surface area (Å²) in [5, 5.41) is 2.95. The largest absolute Gasteiger partial charge is 0.497 e. The van der Waals surface area contributed by atoms with Crippen LogP contribution in [0.2, 0.25) is 0 Å². The van der Waals surface area contributed by atoms with E-state index in [9.17, 15) is 9.59 Å². The van der Waals surface area contributed by atoms with Gasteiger partial charge in [-0.15, -0.1) is 0 Å². The number of carbonyl (C=O) groups excluding carboxylic acids is 2. The number of hydrogen-bond donors (Lipinski definition) is 1. The van der Waals surface area contributed by atoms with Crippen LogP contribution in [0.3, 0.4) is 0 Å². The van der Waals surface area contributed by atoms with E-state index in [2.05, 4.69) is 25.2 Å². The summed E-state index contributed by atoms with van der Waals surface area (Å²) in [7, 11) is 1.63. The Balaban J connectivity index is 1.64. The van der Waals surface area contributed by atoms with Crippen molar-refractivity contribution in [1.82, 2.24) is 14.5 Å². The van der Waals surface area contributed by atoms with Crippen molar-refractivity contribution in [3.8, 4) is 22.7 Å².